The second-order valence-electron chi connectivity index (χ2n) is 8.92. The first kappa shape index (κ1) is 20.5. The third-order valence-electron chi connectivity index (χ3n) is 6.39. The molecule has 6 aromatic rings. The Morgan fingerprint density at radius 3 is 2.75 bits per heavy atom. The van der Waals surface area contributed by atoms with Gasteiger partial charge in [0.15, 0.2) is 11.5 Å². The smallest absolute Gasteiger partial charge is 0.227 e. The van der Waals surface area contributed by atoms with E-state index < -0.39 is 0 Å². The van der Waals surface area contributed by atoms with Crippen LogP contribution in [0.1, 0.15) is 12.8 Å². The summed E-state index contributed by atoms with van der Waals surface area (Å²) in [4.78, 5) is 33.8. The van der Waals surface area contributed by atoms with E-state index >= 15 is 0 Å². The molecule has 9 nitrogen and oxygen atoms in total. The molecule has 0 atom stereocenters. The third-order valence-corrected chi connectivity index (χ3v) is 6.39. The quantitative estimate of drug-likeness (QED) is 0.325. The van der Waals surface area contributed by atoms with Crippen LogP contribution < -0.4 is 5.32 Å². The van der Waals surface area contributed by atoms with Crippen LogP contribution in [0.5, 0.6) is 0 Å². The fraction of sp³-hybridized carbons (Fsp3) is 0.111. The number of H-pyrrole nitrogens is 2. The van der Waals surface area contributed by atoms with Crippen molar-refractivity contribution in [2.24, 2.45) is 5.92 Å². The van der Waals surface area contributed by atoms with Crippen LogP contribution in [-0.2, 0) is 4.79 Å². The van der Waals surface area contributed by atoms with Gasteiger partial charge < -0.3 is 10.3 Å². The van der Waals surface area contributed by atoms with Gasteiger partial charge in [-0.25, -0.2) is 9.97 Å². The molecule has 0 aliphatic heterocycles. The minimum atomic E-state index is 0.0506. The first-order valence-electron chi connectivity index (χ1n) is 11.7. The molecular weight excluding hydrogens is 452 g/mol. The van der Waals surface area contributed by atoms with E-state index in [9.17, 15) is 4.79 Å². The molecule has 1 aromatic carbocycles. The van der Waals surface area contributed by atoms with Gasteiger partial charge in [0.05, 0.1) is 34.0 Å². The van der Waals surface area contributed by atoms with Crippen LogP contribution in [0.4, 0.5) is 5.69 Å². The summed E-state index contributed by atoms with van der Waals surface area (Å²) in [6.45, 7) is 0. The lowest BCUT2D eigenvalue weighted by Gasteiger charge is -2.06. The molecule has 1 saturated carbocycles. The average Bonchev–Trinajstić information content (AvgIpc) is 3.55. The summed E-state index contributed by atoms with van der Waals surface area (Å²) >= 11 is 0. The Hall–Kier alpha value is -4.92. The van der Waals surface area contributed by atoms with E-state index in [-0.39, 0.29) is 11.8 Å². The number of benzene rings is 1. The predicted molar refractivity (Wildman–Crippen MR) is 137 cm³/mol. The maximum absolute atomic E-state index is 12.2. The summed E-state index contributed by atoms with van der Waals surface area (Å²) in [7, 11) is 0. The van der Waals surface area contributed by atoms with Crippen molar-refractivity contribution < 1.29 is 4.79 Å². The number of fused-ring (bicyclic) bond motifs is 2. The molecule has 1 fully saturated rings. The van der Waals surface area contributed by atoms with Crippen molar-refractivity contribution in [3.05, 3.63) is 73.3 Å². The molecule has 0 saturated heterocycles. The zero-order valence-electron chi connectivity index (χ0n) is 19.1. The molecule has 0 unspecified atom stereocenters. The van der Waals surface area contributed by atoms with Gasteiger partial charge in [0, 0.05) is 41.2 Å². The second-order valence-corrected chi connectivity index (χ2v) is 8.92. The minimum absolute atomic E-state index is 0.0506. The lowest BCUT2D eigenvalue weighted by Crippen LogP contribution is -2.13. The SMILES string of the molecule is O=C(Nc1cncc(-c2cnc3n[nH]c(-c4nc5c(-c6ccccn6)cccc5[nH]4)c3c2)c1)C1CC1. The van der Waals surface area contributed by atoms with Gasteiger partial charge in [-0.05, 0) is 43.2 Å². The van der Waals surface area contributed by atoms with Crippen LogP contribution in [0.3, 0.4) is 0 Å². The largest absolute Gasteiger partial charge is 0.337 e. The van der Waals surface area contributed by atoms with Crippen molar-refractivity contribution in [2.45, 2.75) is 12.8 Å². The Kier molecular flexibility index (Phi) is 4.60. The number of hydrogen-bond acceptors (Lipinski definition) is 6. The topological polar surface area (TPSA) is 125 Å². The van der Waals surface area contributed by atoms with Gasteiger partial charge in [-0.1, -0.05) is 18.2 Å². The van der Waals surface area contributed by atoms with Crippen molar-refractivity contribution in [3.8, 4) is 33.9 Å². The second kappa shape index (κ2) is 8.09. The summed E-state index contributed by atoms with van der Waals surface area (Å²) < 4.78 is 0. The number of nitrogens with zero attached hydrogens (tertiary/aromatic N) is 5. The van der Waals surface area contributed by atoms with Gasteiger partial charge in [-0.3, -0.25) is 19.9 Å². The molecule has 5 heterocycles. The van der Waals surface area contributed by atoms with Gasteiger partial charge in [0.1, 0.15) is 5.69 Å². The number of amides is 1. The van der Waals surface area contributed by atoms with Crippen molar-refractivity contribution in [1.29, 1.82) is 0 Å². The van der Waals surface area contributed by atoms with Crippen LogP contribution in [-0.4, -0.2) is 41.0 Å². The van der Waals surface area contributed by atoms with Crippen molar-refractivity contribution >= 4 is 33.7 Å². The minimum Gasteiger partial charge on any atom is -0.337 e. The molecule has 36 heavy (non-hydrogen) atoms. The summed E-state index contributed by atoms with van der Waals surface area (Å²) in [5, 5.41) is 11.3. The number of carbonyl (C=O) groups excluding carboxylic acids is 1. The Labute approximate surface area is 205 Å². The Morgan fingerprint density at radius 2 is 1.89 bits per heavy atom. The Balaban J connectivity index is 1.28. The van der Waals surface area contributed by atoms with Crippen LogP contribution in [0.25, 0.3) is 56.0 Å². The highest BCUT2D eigenvalue weighted by atomic mass is 16.2. The number of nitrogens with one attached hydrogen (secondary N) is 3. The Morgan fingerprint density at radius 1 is 0.972 bits per heavy atom. The molecule has 0 spiro atoms. The van der Waals surface area contributed by atoms with Crippen LogP contribution in [0.2, 0.25) is 0 Å². The highest BCUT2D eigenvalue weighted by Gasteiger charge is 2.29. The van der Waals surface area contributed by atoms with E-state index in [1.807, 2.05) is 48.5 Å². The number of aromatic amines is 2. The molecule has 1 amide bonds. The van der Waals surface area contributed by atoms with Crippen molar-refractivity contribution in [2.75, 3.05) is 5.32 Å². The molecular formula is C27H20N8O. The maximum atomic E-state index is 12.2. The lowest BCUT2D eigenvalue weighted by atomic mass is 10.1. The van der Waals surface area contributed by atoms with Crippen molar-refractivity contribution in [1.82, 2.24) is 35.1 Å². The molecule has 9 heteroatoms. The van der Waals surface area contributed by atoms with Crippen LogP contribution in [0, 0.1) is 5.92 Å². The number of carbonyl (C=O) groups is 1. The van der Waals surface area contributed by atoms with E-state index in [2.05, 4.69) is 35.5 Å². The molecule has 1 aliphatic rings. The highest BCUT2D eigenvalue weighted by molar-refractivity contribution is 5.97. The molecule has 0 radical (unpaired) electrons. The summed E-state index contributed by atoms with van der Waals surface area (Å²) in [6.07, 6.45) is 8.86. The van der Waals surface area contributed by atoms with E-state index in [0.717, 1.165) is 57.3 Å². The summed E-state index contributed by atoms with van der Waals surface area (Å²) in [5.74, 6) is 0.843. The summed E-state index contributed by atoms with van der Waals surface area (Å²) in [6, 6.07) is 15.8. The molecule has 1 aliphatic carbocycles. The lowest BCUT2D eigenvalue weighted by molar-refractivity contribution is -0.117. The van der Waals surface area contributed by atoms with Crippen molar-refractivity contribution in [3.63, 3.8) is 0 Å². The molecule has 5 aromatic heterocycles. The van der Waals surface area contributed by atoms with Gasteiger partial charge in [0.2, 0.25) is 5.91 Å². The van der Waals surface area contributed by atoms with E-state index in [4.69, 9.17) is 4.98 Å². The molecule has 174 valence electrons. The monoisotopic (exact) mass is 472 g/mol. The highest BCUT2D eigenvalue weighted by Crippen LogP contribution is 2.33. The number of aromatic nitrogens is 7. The van der Waals surface area contributed by atoms with E-state index in [1.165, 1.54) is 0 Å². The zero-order chi connectivity index (χ0) is 24.1. The van der Waals surface area contributed by atoms with Gasteiger partial charge >= 0.3 is 0 Å². The predicted octanol–water partition coefficient (Wildman–Crippen LogP) is 4.97. The van der Waals surface area contributed by atoms with E-state index in [1.54, 1.807) is 24.8 Å². The number of hydrogen-bond donors (Lipinski definition) is 3. The fourth-order valence-electron chi connectivity index (χ4n) is 4.37. The average molecular weight is 473 g/mol. The number of imidazole rings is 1. The number of pyridine rings is 3. The number of rotatable bonds is 5. The van der Waals surface area contributed by atoms with Gasteiger partial charge in [-0.15, -0.1) is 0 Å². The van der Waals surface area contributed by atoms with Gasteiger partial charge in [-0.2, -0.15) is 5.10 Å². The Bertz CT molecular complexity index is 1750. The van der Waals surface area contributed by atoms with Gasteiger partial charge in [0.25, 0.3) is 0 Å². The third kappa shape index (κ3) is 3.58. The standard InChI is InChI=1S/C27H20N8O/c36-27(15-7-8-15)31-18-10-16(12-28-14-18)17-11-20-24(34-35-25(20)30-13-17)26-32-22-6-3-4-19(23(22)33-26)21-5-1-2-9-29-21/h1-6,9-15H,7-8H2,(H,31,36)(H,32,33)(H,30,34,35). The molecule has 0 bridgehead atoms. The fourth-order valence-corrected chi connectivity index (χ4v) is 4.37. The number of anilines is 1. The first-order chi connectivity index (χ1) is 17.7. The van der Waals surface area contributed by atoms with E-state index in [0.29, 0.717) is 17.2 Å². The van der Waals surface area contributed by atoms with Crippen LogP contribution >= 0.6 is 0 Å². The molecule has 7 rings (SSSR count). The summed E-state index contributed by atoms with van der Waals surface area (Å²) in [5.41, 5.74) is 7.28. The zero-order valence-corrected chi connectivity index (χ0v) is 19.1. The maximum Gasteiger partial charge on any atom is 0.227 e. The number of para-hydroxylation sites is 1. The first-order valence-corrected chi connectivity index (χ1v) is 11.7. The molecule has 3 N–H and O–H groups in total. The normalized spacial score (nSPS) is 13.3. The van der Waals surface area contributed by atoms with Crippen LogP contribution in [0.15, 0.2) is 73.3 Å².